The van der Waals surface area contributed by atoms with Crippen molar-refractivity contribution in [2.75, 3.05) is 0 Å². The molecule has 8 rings (SSSR count). The summed E-state index contributed by atoms with van der Waals surface area (Å²) in [4.78, 5) is 0. The molecular formula is C53H53F5N2. The van der Waals surface area contributed by atoms with Crippen molar-refractivity contribution in [2.24, 2.45) is 0 Å². The molecule has 0 radical (unpaired) electrons. The molecule has 0 fully saturated rings. The molecule has 2 heterocycles. The van der Waals surface area contributed by atoms with Gasteiger partial charge in [0.1, 0.15) is 17.2 Å². The van der Waals surface area contributed by atoms with Crippen molar-refractivity contribution >= 4 is 43.6 Å². The fourth-order valence-corrected chi connectivity index (χ4v) is 8.62. The smallest absolute Gasteiger partial charge is 0.309 e. The second-order valence-electron chi connectivity index (χ2n) is 20.6. The van der Waals surface area contributed by atoms with E-state index in [9.17, 15) is 0 Å². The lowest BCUT2D eigenvalue weighted by Crippen LogP contribution is -2.18. The van der Waals surface area contributed by atoms with E-state index in [0.717, 1.165) is 62.0 Å². The lowest BCUT2D eigenvalue weighted by molar-refractivity contribution is -0.137. The van der Waals surface area contributed by atoms with E-state index >= 15 is 22.0 Å². The summed E-state index contributed by atoms with van der Waals surface area (Å²) in [5, 5.41) is 3.20. The Kier molecular flexibility index (Phi) is 9.32. The molecule has 0 aliphatic heterocycles. The van der Waals surface area contributed by atoms with E-state index < -0.39 is 23.4 Å². The van der Waals surface area contributed by atoms with Crippen LogP contribution in [0.1, 0.15) is 111 Å². The fraction of sp³-hybridized carbons (Fsp3) is 0.321. The third kappa shape index (κ3) is 6.98. The summed E-state index contributed by atoms with van der Waals surface area (Å²) in [6.07, 6.45) is -4.95. The SMILES string of the molecule is CC(C)(C)c1ccc2c3ccc(C(C)(C)C)cc3n(-c3ccc(-c4cc(F)cc(F)c4)c(-n4c5cc(C(C)(C)C)ccc5c5ccc(C(C)(C)C)cc54)c3C(F)(F)F)c2c1. The molecule has 8 aromatic rings. The van der Waals surface area contributed by atoms with E-state index in [1.54, 1.807) is 15.2 Å². The van der Waals surface area contributed by atoms with Gasteiger partial charge < -0.3 is 9.13 Å². The van der Waals surface area contributed by atoms with Gasteiger partial charge in [-0.15, -0.1) is 0 Å². The molecule has 0 aliphatic carbocycles. The Labute approximate surface area is 349 Å². The average molecular weight is 813 g/mol. The number of aromatic nitrogens is 2. The average Bonchev–Trinajstić information content (AvgIpc) is 3.63. The van der Waals surface area contributed by atoms with E-state index in [1.165, 1.54) is 6.07 Å². The van der Waals surface area contributed by atoms with Crippen LogP contribution < -0.4 is 0 Å². The van der Waals surface area contributed by atoms with Crippen molar-refractivity contribution < 1.29 is 22.0 Å². The Morgan fingerprint density at radius 2 is 0.717 bits per heavy atom. The van der Waals surface area contributed by atoms with Gasteiger partial charge in [-0.25, -0.2) is 8.78 Å². The highest BCUT2D eigenvalue weighted by Gasteiger charge is 2.41. The minimum atomic E-state index is -4.95. The Bertz CT molecular complexity index is 2860. The van der Waals surface area contributed by atoms with Gasteiger partial charge >= 0.3 is 6.18 Å². The molecule has 2 nitrogen and oxygen atoms in total. The van der Waals surface area contributed by atoms with Crippen LogP contribution in [0.2, 0.25) is 0 Å². The molecule has 0 saturated heterocycles. The van der Waals surface area contributed by atoms with Gasteiger partial charge in [0.25, 0.3) is 0 Å². The monoisotopic (exact) mass is 812 g/mol. The molecule has 7 heteroatoms. The highest BCUT2D eigenvalue weighted by atomic mass is 19.4. The molecule has 0 unspecified atom stereocenters. The molecule has 2 aromatic heterocycles. The van der Waals surface area contributed by atoms with Gasteiger partial charge in [-0.2, -0.15) is 13.2 Å². The zero-order valence-electron chi connectivity index (χ0n) is 36.6. The van der Waals surface area contributed by atoms with E-state index in [0.29, 0.717) is 22.1 Å². The Morgan fingerprint density at radius 1 is 0.383 bits per heavy atom. The van der Waals surface area contributed by atoms with Gasteiger partial charge in [0.05, 0.1) is 33.4 Å². The quantitative estimate of drug-likeness (QED) is 0.157. The molecule has 60 heavy (non-hydrogen) atoms. The largest absolute Gasteiger partial charge is 0.420 e. The zero-order chi connectivity index (χ0) is 43.6. The van der Waals surface area contributed by atoms with Crippen molar-refractivity contribution in [1.82, 2.24) is 9.13 Å². The first kappa shape index (κ1) is 41.3. The first-order chi connectivity index (χ1) is 27.7. The summed E-state index contributed by atoms with van der Waals surface area (Å²) in [5.41, 5.74) is 3.81. The molecular weight excluding hydrogens is 760 g/mol. The van der Waals surface area contributed by atoms with Crippen molar-refractivity contribution in [1.29, 1.82) is 0 Å². The Balaban J connectivity index is 1.66. The molecule has 0 saturated carbocycles. The number of fused-ring (bicyclic) bond motifs is 6. The highest BCUT2D eigenvalue weighted by molar-refractivity contribution is 6.12. The van der Waals surface area contributed by atoms with Crippen molar-refractivity contribution in [2.45, 2.75) is 111 Å². The van der Waals surface area contributed by atoms with Crippen LogP contribution in [0.15, 0.2) is 103 Å². The van der Waals surface area contributed by atoms with E-state index in [2.05, 4.69) is 95.2 Å². The van der Waals surface area contributed by atoms with Crippen molar-refractivity contribution in [3.8, 4) is 22.5 Å². The molecule has 0 aliphatic rings. The molecule has 0 spiro atoms. The lowest BCUT2D eigenvalue weighted by Gasteiger charge is -2.26. The fourth-order valence-electron chi connectivity index (χ4n) is 8.62. The Hall–Kier alpha value is -5.43. The van der Waals surface area contributed by atoms with E-state index in [-0.39, 0.29) is 44.2 Å². The maximum Gasteiger partial charge on any atom is 0.420 e. The van der Waals surface area contributed by atoms with Crippen LogP contribution in [0, 0.1) is 11.6 Å². The van der Waals surface area contributed by atoms with E-state index in [1.807, 2.05) is 60.7 Å². The molecule has 0 atom stereocenters. The summed E-state index contributed by atoms with van der Waals surface area (Å²) in [7, 11) is 0. The molecule has 310 valence electrons. The maximum absolute atomic E-state index is 16.8. The van der Waals surface area contributed by atoms with Gasteiger partial charge in [-0.1, -0.05) is 138 Å². The lowest BCUT2D eigenvalue weighted by atomic mass is 9.86. The summed E-state index contributed by atoms with van der Waals surface area (Å²) < 4.78 is 84.5. The predicted octanol–water partition coefficient (Wildman–Crippen LogP) is 16.0. The van der Waals surface area contributed by atoms with Crippen LogP contribution in [0.3, 0.4) is 0 Å². The second-order valence-corrected chi connectivity index (χ2v) is 20.6. The second kappa shape index (κ2) is 13.5. The van der Waals surface area contributed by atoms with Crippen LogP contribution in [-0.4, -0.2) is 9.13 Å². The normalized spacial score (nSPS) is 13.4. The van der Waals surface area contributed by atoms with Gasteiger partial charge in [-0.05, 0) is 91.9 Å². The molecule has 0 amide bonds. The van der Waals surface area contributed by atoms with Crippen LogP contribution >= 0.6 is 0 Å². The summed E-state index contributed by atoms with van der Waals surface area (Å²) >= 11 is 0. The number of hydrogen-bond donors (Lipinski definition) is 0. The van der Waals surface area contributed by atoms with E-state index in [4.69, 9.17) is 0 Å². The first-order valence-corrected chi connectivity index (χ1v) is 20.6. The standard InChI is InChI=1S/C53H53F5N2/c1-49(2,3)31-13-17-38-39-18-14-32(50(4,5)6)26-44(39)59(43(38)25-31)42-22-21-37(30-23-35(54)29-36(55)24-30)48(47(42)53(56,57)58)60-45-27-33(51(7,8)9)15-19-40(45)41-20-16-34(28-46(41)60)52(10,11)12/h13-29H,1-12H3. The summed E-state index contributed by atoms with van der Waals surface area (Å²) in [5.74, 6) is -1.76. The van der Waals surface area contributed by atoms with Crippen LogP contribution in [0.25, 0.3) is 66.1 Å². The number of halogens is 5. The van der Waals surface area contributed by atoms with Gasteiger partial charge in [0, 0.05) is 33.2 Å². The number of alkyl halides is 3. The first-order valence-electron chi connectivity index (χ1n) is 20.6. The van der Waals surface area contributed by atoms with Crippen molar-refractivity contribution in [3.63, 3.8) is 0 Å². The molecule has 0 bridgehead atoms. The number of benzene rings is 6. The number of hydrogen-bond acceptors (Lipinski definition) is 0. The van der Waals surface area contributed by atoms with Gasteiger partial charge in [0.15, 0.2) is 0 Å². The minimum absolute atomic E-state index is 0.000705. The molecule has 0 N–H and O–H groups in total. The van der Waals surface area contributed by atoms with Crippen LogP contribution in [0.4, 0.5) is 22.0 Å². The van der Waals surface area contributed by atoms with Crippen LogP contribution in [-0.2, 0) is 27.8 Å². The van der Waals surface area contributed by atoms with Crippen molar-refractivity contribution in [3.05, 3.63) is 143 Å². The number of nitrogens with zero attached hydrogens (tertiary/aromatic N) is 2. The van der Waals surface area contributed by atoms with Gasteiger partial charge in [-0.3, -0.25) is 0 Å². The third-order valence-corrected chi connectivity index (χ3v) is 12.1. The Morgan fingerprint density at radius 3 is 1.03 bits per heavy atom. The number of rotatable bonds is 3. The summed E-state index contributed by atoms with van der Waals surface area (Å²) in [6.45, 7) is 25.0. The highest BCUT2D eigenvalue weighted by Crippen LogP contribution is 2.49. The summed E-state index contributed by atoms with van der Waals surface area (Å²) in [6, 6.07) is 30.2. The topological polar surface area (TPSA) is 9.86 Å². The van der Waals surface area contributed by atoms with Crippen LogP contribution in [0.5, 0.6) is 0 Å². The van der Waals surface area contributed by atoms with Gasteiger partial charge in [0.2, 0.25) is 0 Å². The molecule has 6 aromatic carbocycles. The predicted molar refractivity (Wildman–Crippen MR) is 240 cm³/mol. The minimum Gasteiger partial charge on any atom is -0.309 e. The zero-order valence-corrected chi connectivity index (χ0v) is 36.6. The maximum atomic E-state index is 16.8. The third-order valence-electron chi connectivity index (χ3n) is 12.1.